The van der Waals surface area contributed by atoms with Crippen LogP contribution in [0.3, 0.4) is 0 Å². The number of rotatable bonds is 2. The van der Waals surface area contributed by atoms with Crippen LogP contribution < -0.4 is 5.32 Å². The molecular weight excluding hydrogens is 390 g/mol. The van der Waals surface area contributed by atoms with Crippen LogP contribution in [0.15, 0.2) is 53.0 Å². The number of fused-ring (bicyclic) bond motifs is 3. The molecule has 24 heavy (non-hydrogen) atoms. The van der Waals surface area contributed by atoms with E-state index in [0.29, 0.717) is 10.9 Å². The van der Waals surface area contributed by atoms with Crippen LogP contribution in [-0.4, -0.2) is 11.1 Å². The van der Waals surface area contributed by atoms with E-state index in [0.717, 1.165) is 22.1 Å². The molecule has 3 atom stereocenters. The Bertz CT molecular complexity index is 864. The number of anilines is 1. The summed E-state index contributed by atoms with van der Waals surface area (Å²) in [5.74, 6) is -0.415. The maximum Gasteiger partial charge on any atom is 0.335 e. The largest absolute Gasteiger partial charge is 0.478 e. The van der Waals surface area contributed by atoms with Crippen LogP contribution in [0.25, 0.3) is 0 Å². The predicted molar refractivity (Wildman–Crippen MR) is 98.9 cm³/mol. The number of nitrogens with one attached hydrogen (secondary N) is 1. The molecule has 122 valence electrons. The molecule has 2 N–H and O–H groups in total. The number of hydrogen-bond acceptors (Lipinski definition) is 2. The van der Waals surface area contributed by atoms with Gasteiger partial charge in [0, 0.05) is 10.4 Å². The van der Waals surface area contributed by atoms with Crippen molar-refractivity contribution in [1.82, 2.24) is 0 Å². The number of carboxylic acids is 1. The third-order valence-electron chi connectivity index (χ3n) is 4.88. The molecule has 0 aromatic heterocycles. The second-order valence-electron chi connectivity index (χ2n) is 6.26. The van der Waals surface area contributed by atoms with Crippen molar-refractivity contribution in [2.24, 2.45) is 5.92 Å². The second-order valence-corrected chi connectivity index (χ2v) is 7.58. The lowest BCUT2D eigenvalue weighted by molar-refractivity contribution is 0.0696. The first-order chi connectivity index (χ1) is 11.5. The molecule has 0 spiro atoms. The van der Waals surface area contributed by atoms with Crippen LogP contribution in [0.5, 0.6) is 0 Å². The quantitative estimate of drug-likeness (QED) is 0.638. The summed E-state index contributed by atoms with van der Waals surface area (Å²) in [6.07, 6.45) is 5.32. The monoisotopic (exact) mass is 403 g/mol. The number of benzene rings is 2. The Morgan fingerprint density at radius 3 is 2.88 bits per heavy atom. The molecular formula is C19H15BrClNO2. The molecule has 1 heterocycles. The van der Waals surface area contributed by atoms with Gasteiger partial charge in [-0.05, 0) is 47.7 Å². The molecule has 2 aliphatic rings. The van der Waals surface area contributed by atoms with Gasteiger partial charge < -0.3 is 10.4 Å². The fraction of sp³-hybridized carbons (Fsp3) is 0.211. The fourth-order valence-corrected chi connectivity index (χ4v) is 4.51. The van der Waals surface area contributed by atoms with Gasteiger partial charge in [-0.25, -0.2) is 4.79 Å². The van der Waals surface area contributed by atoms with Gasteiger partial charge in [0.1, 0.15) is 0 Å². The summed E-state index contributed by atoms with van der Waals surface area (Å²) in [5, 5.41) is 13.3. The van der Waals surface area contributed by atoms with Crippen LogP contribution in [0.2, 0.25) is 5.02 Å². The van der Waals surface area contributed by atoms with E-state index in [4.69, 9.17) is 11.6 Å². The fourth-order valence-electron chi connectivity index (χ4n) is 3.81. The lowest BCUT2D eigenvalue weighted by Crippen LogP contribution is -2.29. The first-order valence-electron chi connectivity index (χ1n) is 7.80. The first kappa shape index (κ1) is 15.7. The topological polar surface area (TPSA) is 49.3 Å². The molecule has 1 aliphatic carbocycles. The van der Waals surface area contributed by atoms with Gasteiger partial charge in [0.15, 0.2) is 0 Å². The van der Waals surface area contributed by atoms with Crippen LogP contribution in [0, 0.1) is 5.92 Å². The van der Waals surface area contributed by atoms with Gasteiger partial charge in [-0.3, -0.25) is 0 Å². The zero-order valence-electron chi connectivity index (χ0n) is 12.7. The van der Waals surface area contributed by atoms with E-state index in [1.807, 2.05) is 12.1 Å². The van der Waals surface area contributed by atoms with Crippen LogP contribution in [-0.2, 0) is 0 Å². The molecule has 0 saturated heterocycles. The minimum atomic E-state index is -0.952. The lowest BCUT2D eigenvalue weighted by Gasteiger charge is -2.38. The van der Waals surface area contributed by atoms with E-state index >= 15 is 0 Å². The van der Waals surface area contributed by atoms with Crippen molar-refractivity contribution in [2.75, 3.05) is 5.32 Å². The summed E-state index contributed by atoms with van der Waals surface area (Å²) < 4.78 is 1.04. The smallest absolute Gasteiger partial charge is 0.335 e. The Balaban J connectivity index is 1.83. The molecule has 5 heteroatoms. The van der Waals surface area contributed by atoms with E-state index in [9.17, 15) is 9.90 Å². The molecule has 0 fully saturated rings. The van der Waals surface area contributed by atoms with E-state index in [2.05, 4.69) is 45.5 Å². The molecule has 2 aromatic carbocycles. The maximum atomic E-state index is 11.4. The third kappa shape index (κ3) is 2.54. The molecule has 4 rings (SSSR count). The predicted octanol–water partition coefficient (Wildman–Crippen LogP) is 5.63. The maximum absolute atomic E-state index is 11.4. The van der Waals surface area contributed by atoms with E-state index in [1.54, 1.807) is 6.07 Å². The molecule has 0 saturated carbocycles. The lowest BCUT2D eigenvalue weighted by atomic mass is 9.76. The van der Waals surface area contributed by atoms with Gasteiger partial charge in [-0.2, -0.15) is 0 Å². The SMILES string of the molecule is O=C(O)c1cc(Cl)c2c(c1)C1C=CCC1[C@H](c1cccc(Br)c1)N2. The van der Waals surface area contributed by atoms with Gasteiger partial charge in [-0.15, -0.1) is 0 Å². The van der Waals surface area contributed by atoms with Gasteiger partial charge in [0.2, 0.25) is 0 Å². The molecule has 0 radical (unpaired) electrons. The highest BCUT2D eigenvalue weighted by molar-refractivity contribution is 9.10. The van der Waals surface area contributed by atoms with Crippen molar-refractivity contribution in [1.29, 1.82) is 0 Å². The highest BCUT2D eigenvalue weighted by Crippen LogP contribution is 2.51. The Morgan fingerprint density at radius 2 is 2.12 bits per heavy atom. The highest BCUT2D eigenvalue weighted by atomic mass is 79.9. The standard InChI is InChI=1S/C19H15BrClNO2/c20-12-4-1-3-10(7-12)17-14-6-2-5-13(14)15-8-11(19(23)24)9-16(21)18(15)22-17/h1-5,7-9,13-14,17,22H,6H2,(H,23,24)/t13?,14?,17-/m0/s1. The van der Waals surface area contributed by atoms with Crippen LogP contribution in [0.4, 0.5) is 5.69 Å². The van der Waals surface area contributed by atoms with Gasteiger partial charge in [0.05, 0.1) is 22.3 Å². The number of hydrogen-bond donors (Lipinski definition) is 2. The minimum Gasteiger partial charge on any atom is -0.478 e. The summed E-state index contributed by atoms with van der Waals surface area (Å²) in [6.45, 7) is 0. The molecule has 2 unspecified atom stereocenters. The third-order valence-corrected chi connectivity index (χ3v) is 5.67. The summed E-state index contributed by atoms with van der Waals surface area (Å²) >= 11 is 9.94. The van der Waals surface area contributed by atoms with Crippen LogP contribution >= 0.6 is 27.5 Å². The molecule has 2 aromatic rings. The van der Waals surface area contributed by atoms with Crippen molar-refractivity contribution < 1.29 is 9.90 Å². The van der Waals surface area contributed by atoms with E-state index < -0.39 is 5.97 Å². The molecule has 0 bridgehead atoms. The van der Waals surface area contributed by atoms with Gasteiger partial charge in [0.25, 0.3) is 0 Å². The Labute approximate surface area is 153 Å². The normalized spacial score (nSPS) is 24.2. The Kier molecular flexibility index (Phi) is 3.89. The summed E-state index contributed by atoms with van der Waals surface area (Å²) in [7, 11) is 0. The van der Waals surface area contributed by atoms with Gasteiger partial charge in [-0.1, -0.05) is 51.8 Å². The Morgan fingerprint density at radius 1 is 1.29 bits per heavy atom. The average Bonchev–Trinajstić information content (AvgIpc) is 3.04. The van der Waals surface area contributed by atoms with E-state index in [-0.39, 0.29) is 17.5 Å². The molecule has 0 amide bonds. The zero-order valence-corrected chi connectivity index (χ0v) is 15.0. The van der Waals surface area contributed by atoms with Crippen molar-refractivity contribution in [2.45, 2.75) is 18.4 Å². The molecule has 3 nitrogen and oxygen atoms in total. The van der Waals surface area contributed by atoms with Crippen LogP contribution in [0.1, 0.15) is 39.9 Å². The highest BCUT2D eigenvalue weighted by Gasteiger charge is 2.39. The zero-order chi connectivity index (χ0) is 16.8. The second kappa shape index (κ2) is 5.94. The molecule has 1 aliphatic heterocycles. The number of allylic oxidation sites excluding steroid dienone is 2. The number of aromatic carboxylic acids is 1. The van der Waals surface area contributed by atoms with Crippen molar-refractivity contribution in [3.63, 3.8) is 0 Å². The number of halogens is 2. The summed E-state index contributed by atoms with van der Waals surface area (Å²) in [6, 6.07) is 11.7. The number of carbonyl (C=O) groups is 1. The van der Waals surface area contributed by atoms with Crippen molar-refractivity contribution in [3.8, 4) is 0 Å². The van der Waals surface area contributed by atoms with E-state index in [1.165, 1.54) is 11.6 Å². The van der Waals surface area contributed by atoms with Crippen molar-refractivity contribution >= 4 is 39.2 Å². The Hall–Kier alpha value is -1.78. The summed E-state index contributed by atoms with van der Waals surface area (Å²) in [5.41, 5.74) is 3.26. The average molecular weight is 405 g/mol. The number of carboxylic acid groups (broad SMARTS) is 1. The first-order valence-corrected chi connectivity index (χ1v) is 8.97. The van der Waals surface area contributed by atoms with Gasteiger partial charge >= 0.3 is 5.97 Å². The van der Waals surface area contributed by atoms with Crippen molar-refractivity contribution in [3.05, 3.63) is 74.7 Å². The summed E-state index contributed by atoms with van der Waals surface area (Å²) in [4.78, 5) is 11.4. The minimum absolute atomic E-state index is 0.142.